The molecule has 4 rings (SSSR count). The minimum absolute atomic E-state index is 0.290. The van der Waals surface area contributed by atoms with Gasteiger partial charge in [0, 0.05) is 30.1 Å². The van der Waals surface area contributed by atoms with E-state index in [9.17, 15) is 0 Å². The summed E-state index contributed by atoms with van der Waals surface area (Å²) in [6, 6.07) is 2.29. The van der Waals surface area contributed by atoms with E-state index < -0.39 is 0 Å². The molecule has 23 heavy (non-hydrogen) atoms. The highest BCUT2D eigenvalue weighted by Gasteiger charge is 2.23. The SMILES string of the molecule is Cc1cc(N[C@H]2CCc3nc(C(C)C)nn3C2)n2ncnc2n1. The number of rotatable bonds is 3. The molecule has 8 nitrogen and oxygen atoms in total. The van der Waals surface area contributed by atoms with Crippen molar-refractivity contribution in [2.45, 2.75) is 52.1 Å². The van der Waals surface area contributed by atoms with Crippen molar-refractivity contribution in [3.8, 4) is 0 Å². The Bertz CT molecular complexity index is 846. The molecule has 0 aliphatic carbocycles. The van der Waals surface area contributed by atoms with Gasteiger partial charge in [-0.25, -0.2) is 14.6 Å². The highest BCUT2D eigenvalue weighted by molar-refractivity contribution is 5.45. The third kappa shape index (κ3) is 2.54. The first-order valence-electron chi connectivity index (χ1n) is 7.97. The Morgan fingerprint density at radius 1 is 1.30 bits per heavy atom. The van der Waals surface area contributed by atoms with Crippen LogP contribution < -0.4 is 5.32 Å². The summed E-state index contributed by atoms with van der Waals surface area (Å²) in [5.74, 6) is 3.91. The van der Waals surface area contributed by atoms with Crippen LogP contribution in [0.4, 0.5) is 5.82 Å². The van der Waals surface area contributed by atoms with Crippen molar-refractivity contribution in [1.82, 2.24) is 34.3 Å². The van der Waals surface area contributed by atoms with Crippen molar-refractivity contribution >= 4 is 11.6 Å². The first kappa shape index (κ1) is 14.1. The summed E-state index contributed by atoms with van der Waals surface area (Å²) < 4.78 is 3.77. The average molecular weight is 312 g/mol. The lowest BCUT2D eigenvalue weighted by molar-refractivity contribution is 0.438. The standard InChI is InChI=1S/C15H20N8/c1-9(2)14-20-12-5-4-11(7-22(12)21-14)19-13-6-10(3)18-15-16-8-17-23(13)15/h6,8-9,11,19H,4-5,7H2,1-3H3/t11-/m0/s1. The number of aryl methyl sites for hydroxylation is 2. The van der Waals surface area contributed by atoms with Gasteiger partial charge < -0.3 is 5.32 Å². The number of nitrogens with one attached hydrogen (secondary N) is 1. The smallest absolute Gasteiger partial charge is 0.254 e. The maximum atomic E-state index is 4.63. The fourth-order valence-electron chi connectivity index (χ4n) is 2.93. The molecule has 0 radical (unpaired) electrons. The van der Waals surface area contributed by atoms with Gasteiger partial charge in [-0.1, -0.05) is 13.8 Å². The van der Waals surface area contributed by atoms with Crippen LogP contribution in [-0.2, 0) is 13.0 Å². The van der Waals surface area contributed by atoms with E-state index in [1.54, 1.807) is 4.52 Å². The quantitative estimate of drug-likeness (QED) is 0.790. The molecule has 1 aliphatic heterocycles. The van der Waals surface area contributed by atoms with E-state index in [-0.39, 0.29) is 0 Å². The van der Waals surface area contributed by atoms with Gasteiger partial charge in [0.15, 0.2) is 5.82 Å². The van der Waals surface area contributed by atoms with Crippen LogP contribution in [0.15, 0.2) is 12.4 Å². The van der Waals surface area contributed by atoms with Crippen LogP contribution in [-0.4, -0.2) is 40.4 Å². The van der Waals surface area contributed by atoms with Gasteiger partial charge in [-0.2, -0.15) is 19.7 Å². The molecule has 120 valence electrons. The van der Waals surface area contributed by atoms with Crippen LogP contribution in [0.2, 0.25) is 0 Å². The third-order valence-corrected chi connectivity index (χ3v) is 4.12. The number of nitrogens with zero attached hydrogens (tertiary/aromatic N) is 7. The van der Waals surface area contributed by atoms with Crippen molar-refractivity contribution < 1.29 is 0 Å². The van der Waals surface area contributed by atoms with Gasteiger partial charge in [0.25, 0.3) is 5.78 Å². The maximum Gasteiger partial charge on any atom is 0.254 e. The molecule has 1 atom stereocenters. The molecule has 4 heterocycles. The van der Waals surface area contributed by atoms with Crippen LogP contribution in [0.3, 0.4) is 0 Å². The average Bonchev–Trinajstić information content (AvgIpc) is 3.12. The molecule has 0 spiro atoms. The van der Waals surface area contributed by atoms with Crippen LogP contribution in [0.25, 0.3) is 5.78 Å². The van der Waals surface area contributed by atoms with E-state index in [2.05, 4.69) is 44.3 Å². The van der Waals surface area contributed by atoms with Gasteiger partial charge in [-0.3, -0.25) is 0 Å². The Morgan fingerprint density at radius 2 is 2.17 bits per heavy atom. The predicted molar refractivity (Wildman–Crippen MR) is 85.4 cm³/mol. The van der Waals surface area contributed by atoms with E-state index in [4.69, 9.17) is 0 Å². The van der Waals surface area contributed by atoms with Crippen molar-refractivity contribution in [2.75, 3.05) is 5.32 Å². The van der Waals surface area contributed by atoms with E-state index in [1.807, 2.05) is 17.7 Å². The molecule has 0 fully saturated rings. The molecule has 1 aliphatic rings. The van der Waals surface area contributed by atoms with E-state index in [1.165, 1.54) is 6.33 Å². The second-order valence-corrected chi connectivity index (χ2v) is 6.36. The van der Waals surface area contributed by atoms with Gasteiger partial charge in [-0.05, 0) is 13.3 Å². The fourth-order valence-corrected chi connectivity index (χ4v) is 2.93. The van der Waals surface area contributed by atoms with Crippen LogP contribution in [0, 0.1) is 6.92 Å². The zero-order valence-corrected chi connectivity index (χ0v) is 13.6. The minimum atomic E-state index is 0.290. The third-order valence-electron chi connectivity index (χ3n) is 4.12. The van der Waals surface area contributed by atoms with Gasteiger partial charge in [0.1, 0.15) is 18.0 Å². The van der Waals surface area contributed by atoms with Gasteiger partial charge >= 0.3 is 0 Å². The Labute approximate surface area is 134 Å². The molecule has 3 aromatic rings. The van der Waals surface area contributed by atoms with Gasteiger partial charge in [0.05, 0.1) is 6.54 Å². The highest BCUT2D eigenvalue weighted by Crippen LogP contribution is 2.20. The lowest BCUT2D eigenvalue weighted by Crippen LogP contribution is -2.32. The minimum Gasteiger partial charge on any atom is -0.365 e. The summed E-state index contributed by atoms with van der Waals surface area (Å²) in [5.41, 5.74) is 0.923. The number of hydrogen-bond acceptors (Lipinski definition) is 6. The molecule has 0 bridgehead atoms. The number of aromatic nitrogens is 7. The van der Waals surface area contributed by atoms with Crippen molar-refractivity contribution in [3.05, 3.63) is 29.7 Å². The summed E-state index contributed by atoms with van der Waals surface area (Å²) >= 11 is 0. The number of fused-ring (bicyclic) bond motifs is 2. The summed E-state index contributed by atoms with van der Waals surface area (Å²) in [4.78, 5) is 13.2. The first-order valence-corrected chi connectivity index (χ1v) is 7.97. The molecular weight excluding hydrogens is 292 g/mol. The van der Waals surface area contributed by atoms with E-state index in [0.717, 1.165) is 42.5 Å². The topological polar surface area (TPSA) is 85.8 Å². The molecule has 3 aromatic heterocycles. The second kappa shape index (κ2) is 5.29. The molecule has 0 saturated carbocycles. The zero-order valence-electron chi connectivity index (χ0n) is 13.6. The monoisotopic (exact) mass is 312 g/mol. The van der Waals surface area contributed by atoms with Gasteiger partial charge in [-0.15, -0.1) is 0 Å². The van der Waals surface area contributed by atoms with Crippen molar-refractivity contribution in [2.24, 2.45) is 0 Å². The number of hydrogen-bond donors (Lipinski definition) is 1. The first-order chi connectivity index (χ1) is 11.1. The Kier molecular flexibility index (Phi) is 3.24. The Hall–Kier alpha value is -2.51. The van der Waals surface area contributed by atoms with Gasteiger partial charge in [0.2, 0.25) is 0 Å². The van der Waals surface area contributed by atoms with Crippen molar-refractivity contribution in [3.63, 3.8) is 0 Å². The van der Waals surface area contributed by atoms with Crippen LogP contribution in [0.1, 0.15) is 43.5 Å². The molecule has 0 saturated heterocycles. The Morgan fingerprint density at radius 3 is 3.00 bits per heavy atom. The molecule has 0 unspecified atom stereocenters. The maximum absolute atomic E-state index is 4.63. The zero-order chi connectivity index (χ0) is 16.0. The van der Waals surface area contributed by atoms with Crippen molar-refractivity contribution in [1.29, 1.82) is 0 Å². The normalized spacial score (nSPS) is 17.7. The van der Waals surface area contributed by atoms with E-state index in [0.29, 0.717) is 17.7 Å². The predicted octanol–water partition coefficient (Wildman–Crippen LogP) is 1.57. The molecule has 0 aromatic carbocycles. The lowest BCUT2D eigenvalue weighted by atomic mass is 10.1. The van der Waals surface area contributed by atoms with Crippen LogP contribution >= 0.6 is 0 Å². The molecule has 8 heteroatoms. The largest absolute Gasteiger partial charge is 0.365 e. The highest BCUT2D eigenvalue weighted by atomic mass is 15.4. The van der Waals surface area contributed by atoms with Crippen LogP contribution in [0.5, 0.6) is 0 Å². The summed E-state index contributed by atoms with van der Waals surface area (Å²) in [6.45, 7) is 7.02. The fraction of sp³-hybridized carbons (Fsp3) is 0.533. The summed E-state index contributed by atoms with van der Waals surface area (Å²) in [7, 11) is 0. The summed E-state index contributed by atoms with van der Waals surface area (Å²) in [5, 5.41) is 12.4. The Balaban J connectivity index is 1.58. The summed E-state index contributed by atoms with van der Waals surface area (Å²) in [6.07, 6.45) is 3.48. The number of anilines is 1. The lowest BCUT2D eigenvalue weighted by Gasteiger charge is -2.24. The molecule has 1 N–H and O–H groups in total. The second-order valence-electron chi connectivity index (χ2n) is 6.36. The van der Waals surface area contributed by atoms with E-state index >= 15 is 0 Å². The molecule has 0 amide bonds. The molecular formula is C15H20N8.